The standard InChI is InChI=1S/C19H20FNO5S2/c1-14(22)15-4-8-18(9-5-15)28(25,26)21-12-2-3-19(13-21)27(23,24)17-10-6-16(20)7-11-17/h4-11,19H,2-3,12-13H2,1H3. The molecule has 0 amide bonds. The van der Waals surface area contributed by atoms with E-state index in [0.29, 0.717) is 18.4 Å². The molecule has 28 heavy (non-hydrogen) atoms. The highest BCUT2D eigenvalue weighted by atomic mass is 32.2. The lowest BCUT2D eigenvalue weighted by atomic mass is 10.2. The Labute approximate surface area is 164 Å². The summed E-state index contributed by atoms with van der Waals surface area (Å²) < 4.78 is 65.8. The van der Waals surface area contributed by atoms with E-state index in [0.717, 1.165) is 16.4 Å². The number of sulfone groups is 1. The van der Waals surface area contributed by atoms with Gasteiger partial charge in [0.2, 0.25) is 10.0 Å². The summed E-state index contributed by atoms with van der Waals surface area (Å²) in [6.07, 6.45) is 0.727. The van der Waals surface area contributed by atoms with Crippen molar-refractivity contribution in [1.82, 2.24) is 4.31 Å². The maximum Gasteiger partial charge on any atom is 0.243 e. The van der Waals surface area contributed by atoms with Gasteiger partial charge in [-0.2, -0.15) is 4.31 Å². The summed E-state index contributed by atoms with van der Waals surface area (Å²) in [6, 6.07) is 10.1. The molecule has 9 heteroatoms. The number of ketones is 1. The van der Waals surface area contributed by atoms with Crippen LogP contribution in [-0.2, 0) is 19.9 Å². The monoisotopic (exact) mass is 425 g/mol. The smallest absolute Gasteiger partial charge is 0.243 e. The van der Waals surface area contributed by atoms with Crippen molar-refractivity contribution in [1.29, 1.82) is 0 Å². The van der Waals surface area contributed by atoms with Gasteiger partial charge >= 0.3 is 0 Å². The average molecular weight is 426 g/mol. The number of piperidine rings is 1. The zero-order chi connectivity index (χ0) is 20.5. The Morgan fingerprint density at radius 1 is 0.964 bits per heavy atom. The van der Waals surface area contributed by atoms with Gasteiger partial charge in [0, 0.05) is 18.7 Å². The number of halogens is 1. The lowest BCUT2D eigenvalue weighted by Crippen LogP contribution is -2.45. The van der Waals surface area contributed by atoms with E-state index in [4.69, 9.17) is 0 Å². The van der Waals surface area contributed by atoms with Gasteiger partial charge in [-0.1, -0.05) is 12.1 Å². The molecule has 1 heterocycles. The molecule has 0 N–H and O–H groups in total. The fourth-order valence-corrected chi connectivity index (χ4v) is 6.58. The number of hydrogen-bond donors (Lipinski definition) is 0. The van der Waals surface area contributed by atoms with Crippen molar-refractivity contribution in [3.05, 3.63) is 59.9 Å². The van der Waals surface area contributed by atoms with E-state index in [1.807, 2.05) is 0 Å². The third-order valence-corrected chi connectivity index (χ3v) is 8.89. The molecule has 0 saturated carbocycles. The van der Waals surface area contributed by atoms with Crippen LogP contribution in [-0.4, -0.2) is 45.3 Å². The Balaban J connectivity index is 1.85. The molecule has 0 radical (unpaired) electrons. The molecule has 0 aliphatic carbocycles. The van der Waals surface area contributed by atoms with Gasteiger partial charge < -0.3 is 0 Å². The van der Waals surface area contributed by atoms with E-state index in [1.54, 1.807) is 0 Å². The molecule has 1 aliphatic rings. The van der Waals surface area contributed by atoms with Gasteiger partial charge in [-0.25, -0.2) is 21.2 Å². The first-order chi connectivity index (χ1) is 13.1. The minimum Gasteiger partial charge on any atom is -0.295 e. The van der Waals surface area contributed by atoms with Crippen molar-refractivity contribution in [3.63, 3.8) is 0 Å². The second-order valence-electron chi connectivity index (χ2n) is 6.71. The number of Topliss-reactive ketones (excluding diaryl/α,β-unsaturated/α-hetero) is 1. The highest BCUT2D eigenvalue weighted by Gasteiger charge is 2.37. The topological polar surface area (TPSA) is 88.6 Å². The Morgan fingerprint density at radius 3 is 2.11 bits per heavy atom. The quantitative estimate of drug-likeness (QED) is 0.543. The van der Waals surface area contributed by atoms with Crippen molar-refractivity contribution in [2.75, 3.05) is 13.1 Å². The fraction of sp³-hybridized carbons (Fsp3) is 0.316. The molecule has 2 aromatic carbocycles. The SMILES string of the molecule is CC(=O)c1ccc(S(=O)(=O)N2CCCC(S(=O)(=O)c3ccc(F)cc3)C2)cc1. The summed E-state index contributed by atoms with van der Waals surface area (Å²) in [6.45, 7) is 1.43. The van der Waals surface area contributed by atoms with Crippen LogP contribution in [0.25, 0.3) is 0 Å². The van der Waals surface area contributed by atoms with E-state index >= 15 is 0 Å². The van der Waals surface area contributed by atoms with Crippen molar-refractivity contribution in [2.45, 2.75) is 34.8 Å². The molecule has 1 atom stereocenters. The molecule has 1 aliphatic heterocycles. The van der Waals surface area contributed by atoms with Crippen LogP contribution in [0.1, 0.15) is 30.1 Å². The minimum atomic E-state index is -3.89. The number of carbonyl (C=O) groups excluding carboxylic acids is 1. The van der Waals surface area contributed by atoms with E-state index in [9.17, 15) is 26.0 Å². The van der Waals surface area contributed by atoms with Gasteiger partial charge in [0.05, 0.1) is 15.0 Å². The molecule has 1 saturated heterocycles. The van der Waals surface area contributed by atoms with Crippen LogP contribution in [0, 0.1) is 5.82 Å². The minimum absolute atomic E-state index is 0.0114. The largest absolute Gasteiger partial charge is 0.295 e. The first kappa shape index (κ1) is 20.6. The molecule has 3 rings (SSSR count). The van der Waals surface area contributed by atoms with Gasteiger partial charge in [0.15, 0.2) is 15.6 Å². The molecule has 6 nitrogen and oxygen atoms in total. The summed E-state index contributed by atoms with van der Waals surface area (Å²) in [7, 11) is -7.68. The van der Waals surface area contributed by atoms with Gasteiger partial charge in [-0.3, -0.25) is 4.79 Å². The van der Waals surface area contributed by atoms with E-state index in [2.05, 4.69) is 0 Å². The zero-order valence-electron chi connectivity index (χ0n) is 15.2. The van der Waals surface area contributed by atoms with Gasteiger partial charge in [-0.15, -0.1) is 0 Å². The van der Waals surface area contributed by atoms with Crippen molar-refractivity contribution in [2.24, 2.45) is 0 Å². The van der Waals surface area contributed by atoms with E-state index < -0.39 is 30.9 Å². The number of carbonyl (C=O) groups is 1. The fourth-order valence-electron chi connectivity index (χ4n) is 3.20. The third-order valence-electron chi connectivity index (χ3n) is 4.82. The molecule has 2 aromatic rings. The van der Waals surface area contributed by atoms with Gasteiger partial charge in [0.1, 0.15) is 5.82 Å². The van der Waals surface area contributed by atoms with Crippen LogP contribution < -0.4 is 0 Å². The third kappa shape index (κ3) is 4.01. The number of benzene rings is 2. The number of sulfonamides is 1. The van der Waals surface area contributed by atoms with Crippen LogP contribution >= 0.6 is 0 Å². The predicted molar refractivity (Wildman–Crippen MR) is 102 cm³/mol. The first-order valence-corrected chi connectivity index (χ1v) is 11.7. The van der Waals surface area contributed by atoms with Crippen LogP contribution in [0.4, 0.5) is 4.39 Å². The number of hydrogen-bond acceptors (Lipinski definition) is 5. The second-order valence-corrected chi connectivity index (χ2v) is 10.9. The molecule has 0 spiro atoms. The summed E-state index contributed by atoms with van der Waals surface area (Å²) in [5, 5.41) is -0.905. The number of rotatable bonds is 5. The maximum atomic E-state index is 13.1. The molecule has 150 valence electrons. The van der Waals surface area contributed by atoms with Crippen molar-refractivity contribution in [3.8, 4) is 0 Å². The van der Waals surface area contributed by atoms with Crippen molar-refractivity contribution < 1.29 is 26.0 Å². The van der Waals surface area contributed by atoms with E-state index in [1.165, 1.54) is 43.3 Å². The summed E-state index contributed by atoms with van der Waals surface area (Å²) in [5.41, 5.74) is 0.398. The molecule has 0 bridgehead atoms. The highest BCUT2D eigenvalue weighted by Crippen LogP contribution is 2.27. The molecular weight excluding hydrogens is 405 g/mol. The first-order valence-electron chi connectivity index (χ1n) is 8.73. The highest BCUT2D eigenvalue weighted by molar-refractivity contribution is 7.92. The van der Waals surface area contributed by atoms with Crippen LogP contribution in [0.2, 0.25) is 0 Å². The van der Waals surface area contributed by atoms with Gasteiger partial charge in [0.25, 0.3) is 0 Å². The van der Waals surface area contributed by atoms with E-state index in [-0.39, 0.29) is 28.7 Å². The van der Waals surface area contributed by atoms with Crippen LogP contribution in [0.15, 0.2) is 58.3 Å². The Kier molecular flexibility index (Phi) is 5.69. The number of nitrogens with zero attached hydrogens (tertiary/aromatic N) is 1. The Bertz CT molecular complexity index is 1080. The van der Waals surface area contributed by atoms with Crippen LogP contribution in [0.5, 0.6) is 0 Å². The molecule has 1 fully saturated rings. The summed E-state index contributed by atoms with van der Waals surface area (Å²) in [5.74, 6) is -0.715. The lowest BCUT2D eigenvalue weighted by molar-refractivity contribution is 0.101. The normalized spacial score (nSPS) is 18.7. The zero-order valence-corrected chi connectivity index (χ0v) is 16.8. The molecular formula is C19H20FNO5S2. The summed E-state index contributed by atoms with van der Waals surface area (Å²) in [4.78, 5) is 11.4. The van der Waals surface area contributed by atoms with Crippen LogP contribution in [0.3, 0.4) is 0 Å². The van der Waals surface area contributed by atoms with Gasteiger partial charge in [-0.05, 0) is 56.2 Å². The predicted octanol–water partition coefficient (Wildman–Crippen LogP) is 2.66. The molecule has 1 unspecified atom stereocenters. The maximum absolute atomic E-state index is 13.1. The Morgan fingerprint density at radius 2 is 1.54 bits per heavy atom. The molecule has 0 aromatic heterocycles. The Hall–Kier alpha value is -2.10. The average Bonchev–Trinajstić information content (AvgIpc) is 2.68. The van der Waals surface area contributed by atoms with Crippen molar-refractivity contribution >= 4 is 25.6 Å². The second kappa shape index (κ2) is 7.73. The lowest BCUT2D eigenvalue weighted by Gasteiger charge is -2.31. The summed E-state index contributed by atoms with van der Waals surface area (Å²) >= 11 is 0.